The minimum absolute atomic E-state index is 0.183. The quantitative estimate of drug-likeness (QED) is 0.565. The molecule has 144 valence electrons. The molecule has 0 saturated carbocycles. The first-order valence-corrected chi connectivity index (χ1v) is 9.26. The number of nitrogens with one attached hydrogen (secondary N) is 1. The van der Waals surface area contributed by atoms with Gasteiger partial charge in [-0.15, -0.1) is 0 Å². The monoisotopic (exact) mass is 394 g/mol. The standard InChI is InChI=1S/C17H18N2O7S/c1-11(27(23,24)14-7-4-12(5-8-14)19(21)22)17(20)18-15-9-6-13(25-2)10-16(15)26-3/h4-11H,1-3H3,(H,18,20)/t11-/m1/s1. The molecule has 1 amide bonds. The minimum atomic E-state index is -4.03. The predicted molar refractivity (Wildman–Crippen MR) is 97.9 cm³/mol. The van der Waals surface area contributed by atoms with Gasteiger partial charge in [0.2, 0.25) is 5.91 Å². The Balaban J connectivity index is 2.24. The van der Waals surface area contributed by atoms with Crippen LogP contribution in [0.2, 0.25) is 0 Å². The van der Waals surface area contributed by atoms with Crippen molar-refractivity contribution in [3.8, 4) is 11.5 Å². The lowest BCUT2D eigenvalue weighted by atomic mass is 10.2. The van der Waals surface area contributed by atoms with Crippen LogP contribution in [0.15, 0.2) is 47.4 Å². The molecule has 0 saturated heterocycles. The van der Waals surface area contributed by atoms with E-state index in [1.807, 2.05) is 0 Å². The molecule has 1 atom stereocenters. The Labute approximate surface area is 156 Å². The lowest BCUT2D eigenvalue weighted by molar-refractivity contribution is -0.384. The third kappa shape index (κ3) is 4.34. The van der Waals surface area contributed by atoms with Crippen LogP contribution in [0.4, 0.5) is 11.4 Å². The van der Waals surface area contributed by atoms with E-state index in [9.17, 15) is 23.3 Å². The predicted octanol–water partition coefficient (Wildman–Crippen LogP) is 2.41. The highest BCUT2D eigenvalue weighted by atomic mass is 32.2. The van der Waals surface area contributed by atoms with E-state index in [4.69, 9.17) is 9.47 Å². The van der Waals surface area contributed by atoms with Gasteiger partial charge in [-0.1, -0.05) is 0 Å². The Hall–Kier alpha value is -3.14. The van der Waals surface area contributed by atoms with Gasteiger partial charge in [-0.3, -0.25) is 14.9 Å². The van der Waals surface area contributed by atoms with Gasteiger partial charge < -0.3 is 14.8 Å². The number of amides is 1. The molecule has 0 aliphatic heterocycles. The number of carbonyl (C=O) groups is 1. The van der Waals surface area contributed by atoms with Gasteiger partial charge in [-0.05, 0) is 31.2 Å². The van der Waals surface area contributed by atoms with Crippen molar-refractivity contribution < 1.29 is 27.6 Å². The Morgan fingerprint density at radius 1 is 1.11 bits per heavy atom. The first kappa shape index (κ1) is 20.2. The second kappa shape index (κ2) is 8.04. The average molecular weight is 394 g/mol. The molecule has 0 spiro atoms. The van der Waals surface area contributed by atoms with Crippen molar-refractivity contribution in [1.29, 1.82) is 0 Å². The topological polar surface area (TPSA) is 125 Å². The lowest BCUT2D eigenvalue weighted by Crippen LogP contribution is -2.32. The molecule has 0 heterocycles. The van der Waals surface area contributed by atoms with Gasteiger partial charge >= 0.3 is 0 Å². The molecule has 0 fully saturated rings. The molecule has 0 aliphatic rings. The van der Waals surface area contributed by atoms with E-state index in [-0.39, 0.29) is 16.3 Å². The second-order valence-corrected chi connectivity index (χ2v) is 7.76. The second-order valence-electron chi connectivity index (χ2n) is 5.49. The van der Waals surface area contributed by atoms with E-state index >= 15 is 0 Å². The normalized spacial score (nSPS) is 12.1. The zero-order chi connectivity index (χ0) is 20.2. The van der Waals surface area contributed by atoms with Crippen LogP contribution in [0.1, 0.15) is 6.92 Å². The largest absolute Gasteiger partial charge is 0.497 e. The van der Waals surface area contributed by atoms with Crippen molar-refractivity contribution in [3.63, 3.8) is 0 Å². The van der Waals surface area contributed by atoms with Crippen LogP contribution in [0, 0.1) is 10.1 Å². The number of hydrogen-bond acceptors (Lipinski definition) is 7. The molecular formula is C17H18N2O7S. The third-order valence-corrected chi connectivity index (χ3v) is 5.95. The number of rotatable bonds is 7. The molecule has 0 radical (unpaired) electrons. The van der Waals surface area contributed by atoms with E-state index in [0.29, 0.717) is 11.5 Å². The Morgan fingerprint density at radius 2 is 1.74 bits per heavy atom. The molecule has 10 heteroatoms. The van der Waals surface area contributed by atoms with Crippen LogP contribution >= 0.6 is 0 Å². The van der Waals surface area contributed by atoms with Gasteiger partial charge in [-0.2, -0.15) is 0 Å². The number of anilines is 1. The lowest BCUT2D eigenvalue weighted by Gasteiger charge is -2.15. The maximum absolute atomic E-state index is 12.6. The summed E-state index contributed by atoms with van der Waals surface area (Å²) in [5, 5.41) is 11.8. The Bertz CT molecular complexity index is 956. The van der Waals surface area contributed by atoms with Crippen molar-refractivity contribution in [1.82, 2.24) is 0 Å². The highest BCUT2D eigenvalue weighted by molar-refractivity contribution is 7.92. The fraction of sp³-hybridized carbons (Fsp3) is 0.235. The summed E-state index contributed by atoms with van der Waals surface area (Å²) in [7, 11) is -1.15. The number of non-ortho nitro benzene ring substituents is 1. The van der Waals surface area contributed by atoms with E-state index in [0.717, 1.165) is 24.3 Å². The summed E-state index contributed by atoms with van der Waals surface area (Å²) in [5.74, 6) is 0.0517. The van der Waals surface area contributed by atoms with E-state index in [1.165, 1.54) is 27.2 Å². The van der Waals surface area contributed by atoms with Crippen LogP contribution in [0.5, 0.6) is 11.5 Å². The highest BCUT2D eigenvalue weighted by Gasteiger charge is 2.30. The summed E-state index contributed by atoms with van der Waals surface area (Å²) in [6, 6.07) is 9.02. The summed E-state index contributed by atoms with van der Waals surface area (Å²) in [6.07, 6.45) is 0. The number of methoxy groups -OCH3 is 2. The molecule has 2 rings (SSSR count). The number of nitrogens with zero attached hydrogens (tertiary/aromatic N) is 1. The van der Waals surface area contributed by atoms with Crippen LogP contribution in [-0.2, 0) is 14.6 Å². The Morgan fingerprint density at radius 3 is 2.26 bits per heavy atom. The Kier molecular flexibility index (Phi) is 6.01. The number of nitro groups is 1. The van der Waals surface area contributed by atoms with E-state index in [2.05, 4.69) is 5.32 Å². The molecular weight excluding hydrogens is 376 g/mol. The number of carbonyl (C=O) groups excluding carboxylic acids is 1. The van der Waals surface area contributed by atoms with Crippen LogP contribution in [0.25, 0.3) is 0 Å². The van der Waals surface area contributed by atoms with Gasteiger partial charge in [0.25, 0.3) is 5.69 Å². The maximum Gasteiger partial charge on any atom is 0.269 e. The molecule has 0 unspecified atom stereocenters. The minimum Gasteiger partial charge on any atom is -0.497 e. The maximum atomic E-state index is 12.6. The first-order valence-electron chi connectivity index (χ1n) is 7.72. The zero-order valence-electron chi connectivity index (χ0n) is 14.8. The number of sulfone groups is 1. The van der Waals surface area contributed by atoms with E-state index < -0.39 is 25.9 Å². The fourth-order valence-corrected chi connectivity index (χ4v) is 3.50. The summed E-state index contributed by atoms with van der Waals surface area (Å²) in [5.41, 5.74) is 0.0445. The number of nitro benzene ring substituents is 1. The van der Waals surface area contributed by atoms with E-state index in [1.54, 1.807) is 12.1 Å². The smallest absolute Gasteiger partial charge is 0.269 e. The molecule has 0 bridgehead atoms. The van der Waals surface area contributed by atoms with Gasteiger partial charge in [-0.25, -0.2) is 8.42 Å². The number of benzene rings is 2. The number of ether oxygens (including phenoxy) is 2. The molecule has 2 aromatic rings. The molecule has 1 N–H and O–H groups in total. The van der Waals surface area contributed by atoms with Crippen molar-refractivity contribution in [2.45, 2.75) is 17.1 Å². The first-order chi connectivity index (χ1) is 12.7. The molecule has 0 aliphatic carbocycles. The van der Waals surface area contributed by atoms with Gasteiger partial charge in [0, 0.05) is 18.2 Å². The number of hydrogen-bond donors (Lipinski definition) is 1. The van der Waals surface area contributed by atoms with Crippen LogP contribution in [-0.4, -0.2) is 38.7 Å². The summed E-state index contributed by atoms with van der Waals surface area (Å²) >= 11 is 0. The summed E-state index contributed by atoms with van der Waals surface area (Å²) in [6.45, 7) is 1.24. The van der Waals surface area contributed by atoms with Crippen molar-refractivity contribution >= 4 is 27.1 Å². The van der Waals surface area contributed by atoms with Crippen molar-refractivity contribution in [2.75, 3.05) is 19.5 Å². The zero-order valence-corrected chi connectivity index (χ0v) is 15.6. The molecule has 0 aromatic heterocycles. The SMILES string of the molecule is COc1ccc(NC(=O)[C@@H](C)S(=O)(=O)c2ccc([N+](=O)[O-])cc2)c(OC)c1. The van der Waals surface area contributed by atoms with Gasteiger partial charge in [0.15, 0.2) is 9.84 Å². The van der Waals surface area contributed by atoms with Gasteiger partial charge in [0.1, 0.15) is 16.7 Å². The molecule has 2 aromatic carbocycles. The van der Waals surface area contributed by atoms with Crippen molar-refractivity contribution in [3.05, 3.63) is 52.6 Å². The molecule has 27 heavy (non-hydrogen) atoms. The fourth-order valence-electron chi connectivity index (χ4n) is 2.24. The molecule has 9 nitrogen and oxygen atoms in total. The van der Waals surface area contributed by atoms with Gasteiger partial charge in [0.05, 0.1) is 29.7 Å². The summed E-state index contributed by atoms with van der Waals surface area (Å²) < 4.78 is 35.5. The average Bonchev–Trinajstić information content (AvgIpc) is 2.67. The van der Waals surface area contributed by atoms with Crippen LogP contribution < -0.4 is 14.8 Å². The summed E-state index contributed by atoms with van der Waals surface area (Å²) in [4.78, 5) is 22.3. The third-order valence-electron chi connectivity index (χ3n) is 3.88. The van der Waals surface area contributed by atoms with Crippen molar-refractivity contribution in [2.24, 2.45) is 0 Å². The van der Waals surface area contributed by atoms with Crippen LogP contribution in [0.3, 0.4) is 0 Å². The highest BCUT2D eigenvalue weighted by Crippen LogP contribution is 2.29.